The maximum Gasteiger partial charge on any atom is 0.134 e. The van der Waals surface area contributed by atoms with E-state index in [2.05, 4.69) is 33.2 Å². The maximum atomic E-state index is 8.58. The van der Waals surface area contributed by atoms with Crippen LogP contribution in [0.15, 0.2) is 6.07 Å². The molecular formula is C13H19N5. The minimum absolute atomic E-state index is 0.271. The van der Waals surface area contributed by atoms with E-state index in [0.29, 0.717) is 0 Å². The number of nitrogens with one attached hydrogen (secondary N) is 1. The molecule has 0 unspecified atom stereocenters. The average Bonchev–Trinajstić information content (AvgIpc) is 2.36. The van der Waals surface area contributed by atoms with Gasteiger partial charge in [-0.3, -0.25) is 0 Å². The van der Waals surface area contributed by atoms with Crippen LogP contribution < -0.4 is 10.2 Å². The summed E-state index contributed by atoms with van der Waals surface area (Å²) < 4.78 is 0. The third-order valence-corrected chi connectivity index (χ3v) is 3.28. The van der Waals surface area contributed by atoms with Crippen molar-refractivity contribution < 1.29 is 0 Å². The third-order valence-electron chi connectivity index (χ3n) is 3.28. The van der Waals surface area contributed by atoms with E-state index < -0.39 is 0 Å². The largest absolute Gasteiger partial charge is 0.357 e. The summed E-state index contributed by atoms with van der Waals surface area (Å²) in [5.41, 5.74) is 0. The molecule has 1 aliphatic rings. The predicted molar refractivity (Wildman–Crippen MR) is 71.5 cm³/mol. The lowest BCUT2D eigenvalue weighted by Gasteiger charge is -2.31. The van der Waals surface area contributed by atoms with Gasteiger partial charge in [0.15, 0.2) is 0 Å². The van der Waals surface area contributed by atoms with Gasteiger partial charge in [0, 0.05) is 19.2 Å². The molecule has 2 heterocycles. The molecule has 96 valence electrons. The van der Waals surface area contributed by atoms with Crippen LogP contribution in [0.1, 0.15) is 25.6 Å². The van der Waals surface area contributed by atoms with Crippen molar-refractivity contribution in [2.45, 2.75) is 26.7 Å². The zero-order valence-electron chi connectivity index (χ0n) is 11.0. The quantitative estimate of drug-likeness (QED) is 0.825. The van der Waals surface area contributed by atoms with Crippen LogP contribution in [0, 0.1) is 24.2 Å². The van der Waals surface area contributed by atoms with E-state index in [4.69, 9.17) is 5.26 Å². The number of nitriles is 1. The summed E-state index contributed by atoms with van der Waals surface area (Å²) >= 11 is 0. The second-order valence-electron chi connectivity index (χ2n) is 4.84. The van der Waals surface area contributed by atoms with E-state index in [0.717, 1.165) is 36.5 Å². The lowest BCUT2D eigenvalue weighted by Crippen LogP contribution is -2.33. The molecule has 1 fully saturated rings. The number of aryl methyl sites for hydroxylation is 1. The normalized spacial score (nSPS) is 16.4. The minimum atomic E-state index is 0.271. The van der Waals surface area contributed by atoms with Crippen molar-refractivity contribution in [2.75, 3.05) is 29.9 Å². The first-order valence-corrected chi connectivity index (χ1v) is 6.40. The summed E-state index contributed by atoms with van der Waals surface area (Å²) in [6, 6.07) is 3.99. The Morgan fingerprint density at radius 1 is 1.44 bits per heavy atom. The van der Waals surface area contributed by atoms with Gasteiger partial charge >= 0.3 is 0 Å². The Labute approximate surface area is 108 Å². The first kappa shape index (κ1) is 12.6. The summed E-state index contributed by atoms with van der Waals surface area (Å²) in [6.07, 6.45) is 2.42. The average molecular weight is 245 g/mol. The second kappa shape index (κ2) is 5.67. The fourth-order valence-corrected chi connectivity index (χ4v) is 2.17. The number of piperidine rings is 1. The van der Waals surface area contributed by atoms with Crippen LogP contribution in [0.2, 0.25) is 0 Å². The lowest BCUT2D eigenvalue weighted by atomic mass is 9.99. The van der Waals surface area contributed by atoms with E-state index in [1.54, 1.807) is 0 Å². The Bertz CT molecular complexity index is 443. The number of aromatic nitrogens is 2. The zero-order chi connectivity index (χ0) is 13.0. The van der Waals surface area contributed by atoms with E-state index in [1.807, 2.05) is 13.0 Å². The summed E-state index contributed by atoms with van der Waals surface area (Å²) in [4.78, 5) is 11.1. The Balaban J connectivity index is 2.12. The van der Waals surface area contributed by atoms with E-state index in [9.17, 15) is 0 Å². The predicted octanol–water partition coefficient (Wildman–Crippen LogP) is 1.96. The number of anilines is 2. The summed E-state index contributed by atoms with van der Waals surface area (Å²) in [6.45, 7) is 6.55. The summed E-state index contributed by atoms with van der Waals surface area (Å²) in [5, 5.41) is 11.6. The van der Waals surface area contributed by atoms with Crippen LogP contribution >= 0.6 is 0 Å². The standard InChI is InChI=1S/C13H19N5/c1-10-3-7-18(8-4-10)13-9-12(15-6-5-14)16-11(2)17-13/h9-10H,3-4,6-8H2,1-2H3,(H,15,16,17). The minimum Gasteiger partial charge on any atom is -0.357 e. The van der Waals surface area contributed by atoms with Crippen LogP contribution in [0.5, 0.6) is 0 Å². The van der Waals surface area contributed by atoms with Crippen LogP contribution in [-0.4, -0.2) is 29.6 Å². The molecule has 0 radical (unpaired) electrons. The van der Waals surface area contributed by atoms with E-state index in [1.165, 1.54) is 12.8 Å². The molecule has 18 heavy (non-hydrogen) atoms. The fourth-order valence-electron chi connectivity index (χ4n) is 2.17. The van der Waals surface area contributed by atoms with Gasteiger partial charge < -0.3 is 10.2 Å². The van der Waals surface area contributed by atoms with Gasteiger partial charge in [-0.25, -0.2) is 9.97 Å². The first-order valence-electron chi connectivity index (χ1n) is 6.40. The van der Waals surface area contributed by atoms with Gasteiger partial charge in [0.2, 0.25) is 0 Å². The van der Waals surface area contributed by atoms with E-state index >= 15 is 0 Å². The highest BCUT2D eigenvalue weighted by molar-refractivity contribution is 5.50. The topological polar surface area (TPSA) is 64.8 Å². The molecule has 0 bridgehead atoms. The Morgan fingerprint density at radius 2 is 2.17 bits per heavy atom. The lowest BCUT2D eigenvalue weighted by molar-refractivity contribution is 0.436. The highest BCUT2D eigenvalue weighted by atomic mass is 15.2. The van der Waals surface area contributed by atoms with Crippen molar-refractivity contribution >= 4 is 11.6 Å². The highest BCUT2D eigenvalue weighted by Gasteiger charge is 2.17. The van der Waals surface area contributed by atoms with Gasteiger partial charge in [-0.2, -0.15) is 5.26 Å². The molecule has 1 aromatic heterocycles. The molecule has 1 aliphatic heterocycles. The van der Waals surface area contributed by atoms with Gasteiger partial charge in [0.05, 0.1) is 6.07 Å². The molecule has 0 aliphatic carbocycles. The van der Waals surface area contributed by atoms with Crippen molar-refractivity contribution in [3.8, 4) is 6.07 Å². The second-order valence-corrected chi connectivity index (χ2v) is 4.84. The van der Waals surface area contributed by atoms with Crippen molar-refractivity contribution in [3.05, 3.63) is 11.9 Å². The molecule has 0 atom stereocenters. The van der Waals surface area contributed by atoms with Crippen molar-refractivity contribution in [1.29, 1.82) is 5.26 Å². The van der Waals surface area contributed by atoms with Crippen LogP contribution in [0.25, 0.3) is 0 Å². The molecule has 1 aromatic rings. The number of hydrogen-bond acceptors (Lipinski definition) is 5. The Morgan fingerprint density at radius 3 is 2.83 bits per heavy atom. The molecule has 1 N–H and O–H groups in total. The Hall–Kier alpha value is -1.83. The summed E-state index contributed by atoms with van der Waals surface area (Å²) in [5.74, 6) is 3.25. The Kier molecular flexibility index (Phi) is 3.98. The molecule has 2 rings (SSSR count). The molecule has 0 aromatic carbocycles. The molecule has 0 spiro atoms. The molecule has 0 saturated carbocycles. The van der Waals surface area contributed by atoms with Gasteiger partial charge in [0.1, 0.15) is 24.0 Å². The number of rotatable bonds is 3. The number of nitrogens with zero attached hydrogens (tertiary/aromatic N) is 4. The summed E-state index contributed by atoms with van der Waals surface area (Å²) in [7, 11) is 0. The monoisotopic (exact) mass is 245 g/mol. The number of hydrogen-bond donors (Lipinski definition) is 1. The molecule has 1 saturated heterocycles. The van der Waals surface area contributed by atoms with Crippen LogP contribution in [-0.2, 0) is 0 Å². The molecule has 0 amide bonds. The highest BCUT2D eigenvalue weighted by Crippen LogP contribution is 2.22. The zero-order valence-corrected chi connectivity index (χ0v) is 11.0. The van der Waals surface area contributed by atoms with Gasteiger partial charge in [-0.05, 0) is 25.7 Å². The van der Waals surface area contributed by atoms with Crippen LogP contribution in [0.4, 0.5) is 11.6 Å². The van der Waals surface area contributed by atoms with Gasteiger partial charge in [0.25, 0.3) is 0 Å². The van der Waals surface area contributed by atoms with Crippen LogP contribution in [0.3, 0.4) is 0 Å². The van der Waals surface area contributed by atoms with Gasteiger partial charge in [-0.1, -0.05) is 6.92 Å². The van der Waals surface area contributed by atoms with Crippen molar-refractivity contribution in [2.24, 2.45) is 5.92 Å². The van der Waals surface area contributed by atoms with Gasteiger partial charge in [-0.15, -0.1) is 0 Å². The molecular weight excluding hydrogens is 226 g/mol. The maximum absolute atomic E-state index is 8.58. The third kappa shape index (κ3) is 3.10. The smallest absolute Gasteiger partial charge is 0.134 e. The van der Waals surface area contributed by atoms with Crippen molar-refractivity contribution in [3.63, 3.8) is 0 Å². The first-order chi connectivity index (χ1) is 8.69. The van der Waals surface area contributed by atoms with Crippen molar-refractivity contribution in [1.82, 2.24) is 9.97 Å². The molecule has 5 nitrogen and oxygen atoms in total. The SMILES string of the molecule is Cc1nc(NCC#N)cc(N2CCC(C)CC2)n1. The molecule has 5 heteroatoms. The van der Waals surface area contributed by atoms with E-state index in [-0.39, 0.29) is 6.54 Å². The fraction of sp³-hybridized carbons (Fsp3) is 0.615.